The maximum atomic E-state index is 10.6. The number of fused-ring (bicyclic) bond motifs is 1. The molecule has 1 aliphatic heterocycles. The van der Waals surface area contributed by atoms with E-state index in [0.717, 1.165) is 31.0 Å². The van der Waals surface area contributed by atoms with Crippen LogP contribution in [0.15, 0.2) is 24.3 Å². The third-order valence-corrected chi connectivity index (χ3v) is 5.27. The number of aliphatic carboxylic acids is 2. The number of carboxylic acid groups (broad SMARTS) is 2. The smallest absolute Gasteiger partial charge is 0.475 e. The number of imidazole rings is 1. The van der Waals surface area contributed by atoms with Crippen molar-refractivity contribution >= 4 is 23.0 Å². The Morgan fingerprint density at radius 2 is 1.58 bits per heavy atom. The van der Waals surface area contributed by atoms with E-state index in [1.807, 2.05) is 7.11 Å². The summed E-state index contributed by atoms with van der Waals surface area (Å²) in [6.07, 6.45) is -5.05. The van der Waals surface area contributed by atoms with E-state index in [2.05, 4.69) is 45.6 Å². The zero-order valence-corrected chi connectivity index (χ0v) is 19.8. The van der Waals surface area contributed by atoms with Gasteiger partial charge < -0.3 is 19.5 Å². The summed E-state index contributed by atoms with van der Waals surface area (Å²) in [4.78, 5) is 25.1. The first-order valence-electron chi connectivity index (χ1n) is 10.9. The molecule has 1 fully saturated rings. The Morgan fingerprint density at radius 3 is 2.11 bits per heavy atom. The van der Waals surface area contributed by atoms with Gasteiger partial charge in [0.15, 0.2) is 0 Å². The fourth-order valence-electron chi connectivity index (χ4n) is 3.65. The molecule has 1 saturated heterocycles. The lowest BCUT2D eigenvalue weighted by Crippen LogP contribution is -2.42. The molecule has 1 aliphatic rings. The molecular formula is C22H29F6N3O5. The third kappa shape index (κ3) is 10.4. The summed E-state index contributed by atoms with van der Waals surface area (Å²) >= 11 is 0. The largest absolute Gasteiger partial charge is 0.490 e. The Kier molecular flexibility index (Phi) is 12.1. The molecule has 0 saturated carbocycles. The van der Waals surface area contributed by atoms with Gasteiger partial charge in [-0.15, -0.1) is 0 Å². The van der Waals surface area contributed by atoms with Gasteiger partial charge in [-0.05, 0) is 44.9 Å². The molecule has 1 unspecified atom stereocenters. The van der Waals surface area contributed by atoms with Gasteiger partial charge in [0.25, 0.3) is 0 Å². The second kappa shape index (κ2) is 14.0. The minimum Gasteiger partial charge on any atom is -0.475 e. The summed E-state index contributed by atoms with van der Waals surface area (Å²) in [6.45, 7) is 6.39. The molecule has 8 nitrogen and oxygen atoms in total. The molecule has 2 heterocycles. The fraction of sp³-hybridized carbons (Fsp3) is 0.591. The summed E-state index contributed by atoms with van der Waals surface area (Å²) in [7, 11) is 1.81. The molecule has 0 radical (unpaired) electrons. The van der Waals surface area contributed by atoms with Crippen molar-refractivity contribution in [2.75, 3.05) is 26.8 Å². The number of alkyl halides is 6. The van der Waals surface area contributed by atoms with Crippen LogP contribution in [0.1, 0.15) is 31.5 Å². The number of halogens is 6. The lowest BCUT2D eigenvalue weighted by Gasteiger charge is -2.35. The van der Waals surface area contributed by atoms with Crippen LogP contribution in [0.4, 0.5) is 26.3 Å². The zero-order chi connectivity index (χ0) is 27.5. The van der Waals surface area contributed by atoms with Gasteiger partial charge in [-0.1, -0.05) is 18.6 Å². The van der Waals surface area contributed by atoms with Crippen LogP contribution in [0.5, 0.6) is 0 Å². The first kappa shape index (κ1) is 31.2. The lowest BCUT2D eigenvalue weighted by molar-refractivity contribution is -0.193. The molecule has 0 spiro atoms. The normalized spacial score (nSPS) is 16.5. The van der Waals surface area contributed by atoms with Crippen LogP contribution in [-0.4, -0.2) is 81.8 Å². The predicted octanol–water partition coefficient (Wildman–Crippen LogP) is 4.50. The number of rotatable bonds is 6. The van der Waals surface area contributed by atoms with Crippen molar-refractivity contribution in [1.82, 2.24) is 14.5 Å². The van der Waals surface area contributed by atoms with E-state index in [1.165, 1.54) is 37.7 Å². The first-order valence-corrected chi connectivity index (χ1v) is 10.9. The summed E-state index contributed by atoms with van der Waals surface area (Å²) in [5.41, 5.74) is 2.36. The van der Waals surface area contributed by atoms with Gasteiger partial charge in [0.2, 0.25) is 0 Å². The Hall–Kier alpha value is -2.87. The van der Waals surface area contributed by atoms with Crippen molar-refractivity contribution in [2.24, 2.45) is 0 Å². The van der Waals surface area contributed by atoms with Crippen LogP contribution < -0.4 is 0 Å². The highest BCUT2D eigenvalue weighted by molar-refractivity contribution is 5.75. The van der Waals surface area contributed by atoms with Gasteiger partial charge in [0.1, 0.15) is 5.82 Å². The van der Waals surface area contributed by atoms with Gasteiger partial charge in [0.05, 0.1) is 17.6 Å². The number of piperidine rings is 1. The highest BCUT2D eigenvalue weighted by atomic mass is 19.4. The maximum absolute atomic E-state index is 10.6. The van der Waals surface area contributed by atoms with Crippen LogP contribution in [0.2, 0.25) is 0 Å². The molecule has 0 bridgehead atoms. The molecule has 0 aliphatic carbocycles. The van der Waals surface area contributed by atoms with E-state index in [4.69, 9.17) is 24.5 Å². The maximum Gasteiger partial charge on any atom is 0.490 e. The number of nitrogens with zero attached hydrogens (tertiary/aromatic N) is 3. The Bertz CT molecular complexity index is 951. The highest BCUT2D eigenvalue weighted by Crippen LogP contribution is 2.19. The van der Waals surface area contributed by atoms with Crippen LogP contribution in [-0.2, 0) is 20.9 Å². The minimum absolute atomic E-state index is 0.611. The standard InChI is InChI=1S/C18H27N3O.2C2HF3O2/c1-15-19-17-9-3-4-10-18(17)21(15)13-7-12-20-11-6-5-8-16(20)14-22-2;2*3-2(4,5)1(6)7/h3-4,9-10,16H,5-8,11-14H2,1-2H3;2*(H,6,7). The van der Waals surface area contributed by atoms with Crippen molar-refractivity contribution in [2.45, 2.75) is 57.5 Å². The summed E-state index contributed by atoms with van der Waals surface area (Å²) in [5, 5.41) is 14.2. The van der Waals surface area contributed by atoms with Crippen molar-refractivity contribution in [1.29, 1.82) is 0 Å². The number of para-hydroxylation sites is 2. The van der Waals surface area contributed by atoms with E-state index in [1.54, 1.807) is 0 Å². The summed E-state index contributed by atoms with van der Waals surface area (Å²) in [6, 6.07) is 9.03. The number of aryl methyl sites for hydroxylation is 2. The van der Waals surface area contributed by atoms with Crippen LogP contribution in [0, 0.1) is 6.92 Å². The SMILES string of the molecule is COCC1CCCCN1CCCn1c(C)nc2ccccc21.O=C(O)C(F)(F)F.O=C(O)C(F)(F)F. The molecule has 14 heteroatoms. The molecule has 204 valence electrons. The molecule has 1 aromatic heterocycles. The number of hydrogen-bond donors (Lipinski definition) is 2. The average Bonchev–Trinajstić information content (AvgIpc) is 3.10. The van der Waals surface area contributed by atoms with Crippen LogP contribution >= 0.6 is 0 Å². The third-order valence-electron chi connectivity index (χ3n) is 5.27. The second-order valence-corrected chi connectivity index (χ2v) is 7.90. The van der Waals surface area contributed by atoms with Crippen molar-refractivity contribution in [3.05, 3.63) is 30.1 Å². The predicted molar refractivity (Wildman–Crippen MR) is 118 cm³/mol. The number of ether oxygens (including phenoxy) is 1. The average molecular weight is 529 g/mol. The van der Waals surface area contributed by atoms with Gasteiger partial charge in [-0.25, -0.2) is 14.6 Å². The van der Waals surface area contributed by atoms with E-state index in [0.29, 0.717) is 6.04 Å². The van der Waals surface area contributed by atoms with Crippen LogP contribution in [0.3, 0.4) is 0 Å². The number of benzene rings is 1. The Morgan fingerprint density at radius 1 is 1.03 bits per heavy atom. The van der Waals surface area contributed by atoms with E-state index >= 15 is 0 Å². The lowest BCUT2D eigenvalue weighted by atomic mass is 10.0. The highest BCUT2D eigenvalue weighted by Gasteiger charge is 2.38. The van der Waals surface area contributed by atoms with E-state index < -0.39 is 24.3 Å². The monoisotopic (exact) mass is 529 g/mol. The van der Waals surface area contributed by atoms with Gasteiger partial charge in [-0.3, -0.25) is 4.90 Å². The fourth-order valence-corrected chi connectivity index (χ4v) is 3.65. The summed E-state index contributed by atoms with van der Waals surface area (Å²) in [5.74, 6) is -4.40. The van der Waals surface area contributed by atoms with E-state index in [-0.39, 0.29) is 0 Å². The topological polar surface area (TPSA) is 105 Å². The molecule has 1 aromatic carbocycles. The summed E-state index contributed by atoms with van der Waals surface area (Å²) < 4.78 is 71.2. The number of carbonyl (C=O) groups is 2. The number of carboxylic acids is 2. The molecule has 2 N–H and O–H groups in total. The molecule has 1 atom stereocenters. The van der Waals surface area contributed by atoms with Crippen molar-refractivity contribution in [3.63, 3.8) is 0 Å². The van der Waals surface area contributed by atoms with E-state index in [9.17, 15) is 26.3 Å². The number of aromatic nitrogens is 2. The molecule has 36 heavy (non-hydrogen) atoms. The number of hydrogen-bond acceptors (Lipinski definition) is 5. The van der Waals surface area contributed by atoms with Crippen molar-refractivity contribution in [3.8, 4) is 0 Å². The zero-order valence-electron chi connectivity index (χ0n) is 19.8. The molecule has 3 rings (SSSR count). The van der Waals surface area contributed by atoms with Crippen LogP contribution in [0.25, 0.3) is 11.0 Å². The molecular weight excluding hydrogens is 500 g/mol. The van der Waals surface area contributed by atoms with Gasteiger partial charge in [0, 0.05) is 26.2 Å². The number of methoxy groups -OCH3 is 1. The first-order chi connectivity index (χ1) is 16.7. The minimum atomic E-state index is -5.08. The van der Waals surface area contributed by atoms with Gasteiger partial charge >= 0.3 is 24.3 Å². The quantitative estimate of drug-likeness (QED) is 0.531. The molecule has 2 aromatic rings. The number of likely N-dealkylation sites (tertiary alicyclic amines) is 1. The molecule has 0 amide bonds. The Balaban J connectivity index is 0.000000383. The van der Waals surface area contributed by atoms with Gasteiger partial charge in [-0.2, -0.15) is 26.3 Å². The van der Waals surface area contributed by atoms with Crippen molar-refractivity contribution < 1.29 is 50.9 Å². The Labute approximate surface area is 203 Å². The second-order valence-electron chi connectivity index (χ2n) is 7.90.